The SMILES string of the molecule is CN(CCF)Cc1cc(N(C)C)c2c(c1O)C(=O)C1=C(O)[C@]3(O)C(=O)C(C(N)=O)C(O)C[C@@H]3C[C@@H]1C2. The van der Waals surface area contributed by atoms with Gasteiger partial charge in [0.1, 0.15) is 24.1 Å². The van der Waals surface area contributed by atoms with Crippen molar-refractivity contribution >= 4 is 23.2 Å². The number of carbonyl (C=O) groups is 3. The first kappa shape index (κ1) is 26.1. The summed E-state index contributed by atoms with van der Waals surface area (Å²) in [6.07, 6.45) is -1.23. The Balaban J connectivity index is 1.87. The second kappa shape index (κ2) is 9.13. The van der Waals surface area contributed by atoms with Crippen molar-refractivity contribution in [3.05, 3.63) is 34.1 Å². The minimum Gasteiger partial charge on any atom is -0.508 e. The Bertz CT molecular complexity index is 1170. The van der Waals surface area contributed by atoms with E-state index in [-0.39, 0.29) is 49.2 Å². The van der Waals surface area contributed by atoms with Crippen LogP contribution in [0.5, 0.6) is 5.75 Å². The van der Waals surface area contributed by atoms with Crippen LogP contribution in [0.4, 0.5) is 10.1 Å². The fraction of sp³-hybridized carbons (Fsp3) is 0.560. The number of aliphatic hydroxyl groups excluding tert-OH is 2. The molecule has 0 bridgehead atoms. The quantitative estimate of drug-likeness (QED) is 0.340. The summed E-state index contributed by atoms with van der Waals surface area (Å²) in [5, 5.41) is 44.1. The lowest BCUT2D eigenvalue weighted by Crippen LogP contribution is -2.63. The number of aliphatic hydroxyl groups is 3. The first-order valence-electron chi connectivity index (χ1n) is 11.9. The molecule has 0 aliphatic heterocycles. The van der Waals surface area contributed by atoms with Crippen molar-refractivity contribution in [3.8, 4) is 5.75 Å². The summed E-state index contributed by atoms with van der Waals surface area (Å²) in [5.74, 6) is -7.38. The summed E-state index contributed by atoms with van der Waals surface area (Å²) in [5.41, 5.74) is 4.12. The van der Waals surface area contributed by atoms with E-state index in [0.717, 1.165) is 0 Å². The molecule has 1 aromatic carbocycles. The third-order valence-corrected chi connectivity index (χ3v) is 7.83. The lowest BCUT2D eigenvalue weighted by atomic mass is 9.57. The van der Waals surface area contributed by atoms with Crippen LogP contribution >= 0.6 is 0 Å². The number of aromatic hydroxyl groups is 1. The smallest absolute Gasteiger partial charge is 0.230 e. The van der Waals surface area contributed by atoms with Gasteiger partial charge in [-0.3, -0.25) is 19.3 Å². The Morgan fingerprint density at radius 2 is 1.89 bits per heavy atom. The highest BCUT2D eigenvalue weighted by Crippen LogP contribution is 2.53. The van der Waals surface area contributed by atoms with Gasteiger partial charge < -0.3 is 31.1 Å². The van der Waals surface area contributed by atoms with E-state index < -0.39 is 59.4 Å². The number of rotatable bonds is 6. The highest BCUT2D eigenvalue weighted by molar-refractivity contribution is 6.16. The molecule has 1 aromatic rings. The summed E-state index contributed by atoms with van der Waals surface area (Å²) < 4.78 is 12.8. The first-order chi connectivity index (χ1) is 16.8. The van der Waals surface area contributed by atoms with Crippen LogP contribution < -0.4 is 10.6 Å². The van der Waals surface area contributed by atoms with Crippen LogP contribution in [0.15, 0.2) is 17.4 Å². The monoisotopic (exact) mass is 505 g/mol. The van der Waals surface area contributed by atoms with Crippen molar-refractivity contribution in [2.24, 2.45) is 23.5 Å². The average molecular weight is 506 g/mol. The first-order valence-corrected chi connectivity index (χ1v) is 11.9. The summed E-state index contributed by atoms with van der Waals surface area (Å²) in [6, 6.07) is 1.75. The fourth-order valence-electron chi connectivity index (χ4n) is 6.06. The van der Waals surface area contributed by atoms with Crippen LogP contribution in [0.1, 0.15) is 34.3 Å². The third-order valence-electron chi connectivity index (χ3n) is 7.83. The number of Topliss-reactive ketones (excluding diaryl/α,β-unsaturated/α-hetero) is 2. The molecule has 0 radical (unpaired) electrons. The lowest BCUT2D eigenvalue weighted by molar-refractivity contribution is -0.167. The number of primary amides is 1. The highest BCUT2D eigenvalue weighted by Gasteiger charge is 2.62. The lowest BCUT2D eigenvalue weighted by Gasteiger charge is -2.48. The summed E-state index contributed by atoms with van der Waals surface area (Å²) >= 11 is 0. The van der Waals surface area contributed by atoms with Crippen molar-refractivity contribution in [2.75, 3.05) is 39.3 Å². The molecule has 0 saturated heterocycles. The number of nitrogens with two attached hydrogens (primary N) is 1. The number of amides is 1. The molecule has 0 spiro atoms. The van der Waals surface area contributed by atoms with Gasteiger partial charge in [0.15, 0.2) is 17.2 Å². The minimum absolute atomic E-state index is 0.0422. The van der Waals surface area contributed by atoms with Crippen LogP contribution in [-0.4, -0.2) is 88.9 Å². The second-order valence-electron chi connectivity index (χ2n) is 10.3. The molecule has 4 rings (SSSR count). The number of hydrogen-bond donors (Lipinski definition) is 5. The maximum atomic E-state index is 13.8. The van der Waals surface area contributed by atoms with Crippen LogP contribution in [0.3, 0.4) is 0 Å². The van der Waals surface area contributed by atoms with E-state index in [1.54, 1.807) is 37.0 Å². The number of ketones is 2. The van der Waals surface area contributed by atoms with Gasteiger partial charge in [0.05, 0.1) is 11.7 Å². The number of phenolic OH excluding ortho intramolecular Hbond substituents is 1. The maximum Gasteiger partial charge on any atom is 0.230 e. The van der Waals surface area contributed by atoms with E-state index in [1.807, 2.05) is 0 Å². The van der Waals surface area contributed by atoms with Crippen molar-refractivity contribution in [3.63, 3.8) is 0 Å². The maximum absolute atomic E-state index is 13.8. The van der Waals surface area contributed by atoms with E-state index >= 15 is 0 Å². The van der Waals surface area contributed by atoms with Gasteiger partial charge >= 0.3 is 0 Å². The highest BCUT2D eigenvalue weighted by atomic mass is 19.1. The molecule has 2 unspecified atom stereocenters. The van der Waals surface area contributed by atoms with Crippen molar-refractivity contribution in [1.29, 1.82) is 0 Å². The number of nitrogens with zero attached hydrogens (tertiary/aromatic N) is 2. The molecule has 3 aliphatic carbocycles. The molecule has 0 heterocycles. The predicted octanol–water partition coefficient (Wildman–Crippen LogP) is 0.213. The van der Waals surface area contributed by atoms with Crippen molar-refractivity contribution in [2.45, 2.75) is 37.5 Å². The van der Waals surface area contributed by atoms with E-state index in [4.69, 9.17) is 5.73 Å². The van der Waals surface area contributed by atoms with Gasteiger partial charge in [-0.2, -0.15) is 0 Å². The van der Waals surface area contributed by atoms with Gasteiger partial charge in [-0.25, -0.2) is 4.39 Å². The molecule has 196 valence electrons. The Morgan fingerprint density at radius 1 is 1.22 bits per heavy atom. The van der Waals surface area contributed by atoms with Crippen LogP contribution in [0.25, 0.3) is 0 Å². The minimum atomic E-state index is -2.54. The van der Waals surface area contributed by atoms with E-state index in [1.165, 1.54) is 0 Å². The number of phenols is 1. The normalized spacial score (nSPS) is 29.6. The van der Waals surface area contributed by atoms with Gasteiger partial charge in [0.25, 0.3) is 0 Å². The van der Waals surface area contributed by atoms with Gasteiger partial charge in [0.2, 0.25) is 5.91 Å². The van der Waals surface area contributed by atoms with Gasteiger partial charge in [0, 0.05) is 49.9 Å². The van der Waals surface area contributed by atoms with E-state index in [0.29, 0.717) is 16.8 Å². The number of hydrogen-bond acceptors (Lipinski definition) is 9. The van der Waals surface area contributed by atoms with Crippen molar-refractivity contribution in [1.82, 2.24) is 4.90 Å². The molecule has 1 fully saturated rings. The topological polar surface area (TPSA) is 165 Å². The molecule has 6 N–H and O–H groups in total. The predicted molar refractivity (Wildman–Crippen MR) is 127 cm³/mol. The van der Waals surface area contributed by atoms with Gasteiger partial charge in [-0.05, 0) is 43.9 Å². The fourth-order valence-corrected chi connectivity index (χ4v) is 6.06. The zero-order valence-electron chi connectivity index (χ0n) is 20.5. The standard InChI is InChI=1S/C25H32FN3O7/c1-28(2)15-8-12(10-29(3)5-4-26)20(31)18-14(15)7-11-6-13-9-16(30)19(24(27)35)23(34)25(13,36)22(33)17(11)21(18)32/h8,11,13,16,19,30-31,33,36H,4-7,9-10H2,1-3H3,(H2,27,35)/t11-,13+,16?,19?,25+/m1/s1. The molecule has 5 atom stereocenters. The molecule has 1 amide bonds. The molecular weight excluding hydrogens is 473 g/mol. The van der Waals surface area contributed by atoms with Gasteiger partial charge in [-0.15, -0.1) is 0 Å². The molecule has 10 nitrogen and oxygen atoms in total. The van der Waals surface area contributed by atoms with Gasteiger partial charge in [-0.1, -0.05) is 0 Å². The average Bonchev–Trinajstić information content (AvgIpc) is 2.77. The van der Waals surface area contributed by atoms with Crippen LogP contribution in [-0.2, 0) is 22.6 Å². The van der Waals surface area contributed by atoms with E-state index in [9.17, 15) is 39.2 Å². The number of allylic oxidation sites excluding steroid dienone is 1. The molecule has 3 aliphatic rings. The number of benzene rings is 1. The summed E-state index contributed by atoms with van der Waals surface area (Å²) in [6.45, 7) is -0.299. The summed E-state index contributed by atoms with van der Waals surface area (Å²) in [7, 11) is 5.25. The third kappa shape index (κ3) is 3.77. The summed E-state index contributed by atoms with van der Waals surface area (Å²) in [4.78, 5) is 42.2. The Hall–Kier alpha value is -3.02. The molecule has 0 aromatic heterocycles. The number of alkyl halides is 1. The van der Waals surface area contributed by atoms with Crippen LogP contribution in [0.2, 0.25) is 0 Å². The zero-order valence-corrected chi connectivity index (χ0v) is 20.5. The van der Waals surface area contributed by atoms with Crippen LogP contribution in [0, 0.1) is 17.8 Å². The Morgan fingerprint density at radius 3 is 2.47 bits per heavy atom. The molecule has 11 heteroatoms. The Kier molecular flexibility index (Phi) is 6.61. The molecule has 36 heavy (non-hydrogen) atoms. The van der Waals surface area contributed by atoms with Crippen molar-refractivity contribution < 1.29 is 39.2 Å². The molecule has 1 saturated carbocycles. The number of anilines is 1. The number of halogens is 1. The van der Waals surface area contributed by atoms with E-state index in [2.05, 4.69) is 0 Å². The second-order valence-corrected chi connectivity index (χ2v) is 10.3. The molecular formula is C25H32FN3O7. The largest absolute Gasteiger partial charge is 0.508 e. The number of fused-ring (bicyclic) bond motifs is 3. The Labute approximate surface area is 207 Å². The number of carbonyl (C=O) groups excluding carboxylic acids is 3. The zero-order chi connectivity index (χ0) is 26.7.